The van der Waals surface area contributed by atoms with Crippen LogP contribution in [0.25, 0.3) is 0 Å². The zero-order valence-corrected chi connectivity index (χ0v) is 17.8. The normalized spacial score (nSPS) is 17.1. The van der Waals surface area contributed by atoms with Gasteiger partial charge in [-0.05, 0) is 44.2 Å². The molecule has 1 N–H and O–H groups in total. The van der Waals surface area contributed by atoms with E-state index >= 15 is 0 Å². The maximum absolute atomic E-state index is 12.8. The fraction of sp³-hybridized carbons (Fsp3) is 0.500. The number of nitrogens with one attached hydrogen (secondary N) is 1. The molecule has 2 fully saturated rings. The minimum atomic E-state index is -0.474. The van der Waals surface area contributed by atoms with Crippen LogP contribution in [0.2, 0.25) is 0 Å². The van der Waals surface area contributed by atoms with E-state index in [1.54, 1.807) is 23.4 Å². The first-order valence-corrected chi connectivity index (χ1v) is 10.9. The minimum Gasteiger partial charge on any atom is -0.382 e. The van der Waals surface area contributed by atoms with Crippen molar-refractivity contribution < 1.29 is 9.72 Å². The summed E-state index contributed by atoms with van der Waals surface area (Å²) < 4.78 is 0. The van der Waals surface area contributed by atoms with Gasteiger partial charge in [0.1, 0.15) is 17.7 Å². The smallest absolute Gasteiger partial charge is 0.282 e. The third kappa shape index (κ3) is 4.76. The third-order valence-electron chi connectivity index (χ3n) is 6.08. The summed E-state index contributed by atoms with van der Waals surface area (Å²) in [5.41, 5.74) is 1.82. The van der Waals surface area contributed by atoms with Crippen molar-refractivity contribution >= 4 is 23.1 Å². The predicted octanol–water partition coefficient (Wildman–Crippen LogP) is 3.26. The number of carbonyl (C=O) groups excluding carboxylic acids is 1. The molecule has 1 aromatic heterocycles. The number of aryl methyl sites for hydroxylation is 1. The lowest BCUT2D eigenvalue weighted by Gasteiger charge is -2.33. The number of anilines is 2. The highest BCUT2D eigenvalue weighted by Crippen LogP contribution is 2.27. The van der Waals surface area contributed by atoms with Crippen molar-refractivity contribution in [3.05, 3.63) is 52.0 Å². The number of likely N-dealkylation sites (tertiary alicyclic amines) is 1. The van der Waals surface area contributed by atoms with Crippen LogP contribution in [0.3, 0.4) is 0 Å². The highest BCUT2D eigenvalue weighted by Gasteiger charge is 2.28. The Hall–Kier alpha value is -3.23. The lowest BCUT2D eigenvalue weighted by atomic mass is 10.0. The molecule has 1 aromatic carbocycles. The van der Waals surface area contributed by atoms with Gasteiger partial charge in [-0.25, -0.2) is 9.97 Å². The molecule has 2 aromatic rings. The fourth-order valence-electron chi connectivity index (χ4n) is 4.29. The van der Waals surface area contributed by atoms with Gasteiger partial charge in [-0.2, -0.15) is 0 Å². The quantitative estimate of drug-likeness (QED) is 0.560. The Morgan fingerprint density at radius 3 is 2.58 bits per heavy atom. The number of aromatic nitrogens is 2. The van der Waals surface area contributed by atoms with Crippen molar-refractivity contribution in [3.63, 3.8) is 0 Å². The first kappa shape index (κ1) is 21.0. The second-order valence-corrected chi connectivity index (χ2v) is 8.12. The molecule has 0 unspecified atom stereocenters. The van der Waals surface area contributed by atoms with E-state index in [1.165, 1.54) is 6.07 Å². The van der Waals surface area contributed by atoms with Gasteiger partial charge in [0.05, 0.1) is 4.92 Å². The molecule has 9 heteroatoms. The molecule has 0 atom stereocenters. The van der Waals surface area contributed by atoms with E-state index in [1.807, 2.05) is 6.07 Å². The second kappa shape index (κ2) is 9.28. The molecule has 0 aliphatic carbocycles. The van der Waals surface area contributed by atoms with Crippen molar-refractivity contribution in [1.82, 2.24) is 14.9 Å². The minimum absolute atomic E-state index is 0.132. The van der Waals surface area contributed by atoms with Gasteiger partial charge in [-0.1, -0.05) is 6.92 Å². The van der Waals surface area contributed by atoms with E-state index < -0.39 is 4.92 Å². The molecular weight excluding hydrogens is 396 g/mol. The summed E-state index contributed by atoms with van der Waals surface area (Å²) >= 11 is 0. The van der Waals surface area contributed by atoms with E-state index in [-0.39, 0.29) is 23.2 Å². The topological polar surface area (TPSA) is 104 Å². The van der Waals surface area contributed by atoms with Gasteiger partial charge >= 0.3 is 0 Å². The number of nitrogens with zero attached hydrogens (tertiary/aromatic N) is 5. The Bertz CT molecular complexity index is 952. The molecule has 2 saturated heterocycles. The molecule has 31 heavy (non-hydrogen) atoms. The number of nitro benzene ring substituents is 1. The number of hydrogen-bond donors (Lipinski definition) is 1. The van der Waals surface area contributed by atoms with Crippen LogP contribution < -0.4 is 10.2 Å². The summed E-state index contributed by atoms with van der Waals surface area (Å²) in [6.45, 7) is 5.13. The van der Waals surface area contributed by atoms with Gasteiger partial charge in [0.15, 0.2) is 0 Å². The Morgan fingerprint density at radius 1 is 1.16 bits per heavy atom. The molecule has 2 aliphatic rings. The predicted molar refractivity (Wildman–Crippen MR) is 119 cm³/mol. The number of hydrogen-bond acceptors (Lipinski definition) is 7. The highest BCUT2D eigenvalue weighted by atomic mass is 16.6. The van der Waals surface area contributed by atoms with Crippen LogP contribution >= 0.6 is 0 Å². The first-order valence-electron chi connectivity index (χ1n) is 10.9. The number of amides is 1. The van der Waals surface area contributed by atoms with Crippen molar-refractivity contribution in [2.24, 2.45) is 0 Å². The van der Waals surface area contributed by atoms with E-state index in [0.717, 1.165) is 62.4 Å². The molecule has 164 valence electrons. The fourth-order valence-corrected chi connectivity index (χ4v) is 4.29. The Labute approximate surface area is 181 Å². The maximum atomic E-state index is 12.8. The molecule has 1 amide bonds. The van der Waals surface area contributed by atoms with E-state index in [0.29, 0.717) is 13.1 Å². The molecule has 3 heterocycles. The Balaban J connectivity index is 1.43. The Kier molecular flexibility index (Phi) is 6.29. The first-order chi connectivity index (χ1) is 15.0. The standard InChI is InChI=1S/C22H28N6O3/c1-2-16-14-21(24-15-23-16)26-11-7-17(8-12-26)25-18-5-6-20(28(30)31)19(13-18)22(29)27-9-3-4-10-27/h5-6,13-15,17,25H,2-4,7-12H2,1H3. The Morgan fingerprint density at radius 2 is 1.90 bits per heavy atom. The van der Waals surface area contributed by atoms with Crippen LogP contribution in [0.15, 0.2) is 30.6 Å². The van der Waals surface area contributed by atoms with Crippen LogP contribution in [0.5, 0.6) is 0 Å². The van der Waals surface area contributed by atoms with Gasteiger partial charge < -0.3 is 15.1 Å². The lowest BCUT2D eigenvalue weighted by molar-refractivity contribution is -0.385. The molecule has 2 aliphatic heterocycles. The summed E-state index contributed by atoms with van der Waals surface area (Å²) in [6, 6.07) is 7.06. The number of rotatable bonds is 6. The summed E-state index contributed by atoms with van der Waals surface area (Å²) in [6.07, 6.45) is 6.22. The highest BCUT2D eigenvalue weighted by molar-refractivity contribution is 5.99. The molecule has 0 saturated carbocycles. The van der Waals surface area contributed by atoms with Crippen molar-refractivity contribution in [2.75, 3.05) is 36.4 Å². The summed E-state index contributed by atoms with van der Waals surface area (Å²) in [7, 11) is 0. The second-order valence-electron chi connectivity index (χ2n) is 8.12. The van der Waals surface area contributed by atoms with Gasteiger partial charge in [0, 0.05) is 55.7 Å². The van der Waals surface area contributed by atoms with Crippen molar-refractivity contribution in [2.45, 2.75) is 45.1 Å². The summed E-state index contributed by atoms with van der Waals surface area (Å²) in [5, 5.41) is 14.9. The van der Waals surface area contributed by atoms with Crippen molar-refractivity contribution in [3.8, 4) is 0 Å². The third-order valence-corrected chi connectivity index (χ3v) is 6.08. The van der Waals surface area contributed by atoms with Crippen LogP contribution in [-0.2, 0) is 6.42 Å². The maximum Gasteiger partial charge on any atom is 0.282 e. The summed E-state index contributed by atoms with van der Waals surface area (Å²) in [5.74, 6) is 0.706. The van der Waals surface area contributed by atoms with E-state index in [2.05, 4.69) is 27.1 Å². The molecule has 0 bridgehead atoms. The zero-order chi connectivity index (χ0) is 21.8. The van der Waals surface area contributed by atoms with E-state index in [9.17, 15) is 14.9 Å². The molecule has 4 rings (SSSR count). The number of carbonyl (C=O) groups is 1. The number of piperidine rings is 1. The average molecular weight is 425 g/mol. The van der Waals surface area contributed by atoms with Crippen LogP contribution in [0.1, 0.15) is 48.7 Å². The number of benzene rings is 1. The van der Waals surface area contributed by atoms with Crippen LogP contribution in [0.4, 0.5) is 17.2 Å². The molecule has 0 spiro atoms. The summed E-state index contributed by atoms with van der Waals surface area (Å²) in [4.78, 5) is 36.5. The van der Waals surface area contributed by atoms with Crippen molar-refractivity contribution in [1.29, 1.82) is 0 Å². The van der Waals surface area contributed by atoms with Gasteiger partial charge in [-0.3, -0.25) is 14.9 Å². The van der Waals surface area contributed by atoms with Gasteiger partial charge in [0.2, 0.25) is 0 Å². The van der Waals surface area contributed by atoms with Gasteiger partial charge in [0.25, 0.3) is 11.6 Å². The average Bonchev–Trinajstić information content (AvgIpc) is 3.34. The largest absolute Gasteiger partial charge is 0.382 e. The van der Waals surface area contributed by atoms with Crippen LogP contribution in [0, 0.1) is 10.1 Å². The van der Waals surface area contributed by atoms with Gasteiger partial charge in [-0.15, -0.1) is 0 Å². The number of nitro groups is 1. The molecule has 0 radical (unpaired) electrons. The monoisotopic (exact) mass is 424 g/mol. The SMILES string of the molecule is CCc1cc(N2CCC(Nc3ccc([N+](=O)[O-])c(C(=O)N4CCCC4)c3)CC2)ncn1. The van der Waals surface area contributed by atoms with E-state index in [4.69, 9.17) is 0 Å². The molecule has 9 nitrogen and oxygen atoms in total. The molecular formula is C22H28N6O3. The zero-order valence-electron chi connectivity index (χ0n) is 17.8. The van der Waals surface area contributed by atoms with Crippen LogP contribution in [-0.4, -0.2) is 57.9 Å². The lowest BCUT2D eigenvalue weighted by Crippen LogP contribution is -2.39.